The van der Waals surface area contributed by atoms with E-state index in [4.69, 9.17) is 4.74 Å². The van der Waals surface area contributed by atoms with E-state index < -0.39 is 4.92 Å². The minimum Gasteiger partial charge on any atom is -0.492 e. The van der Waals surface area contributed by atoms with Gasteiger partial charge in [0, 0.05) is 16.8 Å². The topological polar surface area (TPSA) is 52.4 Å². The molecular weight excluding hydrogens is 354 g/mol. The van der Waals surface area contributed by atoms with Crippen molar-refractivity contribution in [1.29, 1.82) is 0 Å². The average Bonchev–Trinajstić information content (AvgIpc) is 3.08. The van der Waals surface area contributed by atoms with Gasteiger partial charge in [0.1, 0.15) is 10.2 Å². The van der Waals surface area contributed by atoms with E-state index in [0.29, 0.717) is 16.8 Å². The number of hydrogen-bond acceptors (Lipinski definition) is 3. The summed E-state index contributed by atoms with van der Waals surface area (Å²) < 4.78 is 6.08. The lowest BCUT2D eigenvalue weighted by Gasteiger charge is -2.14. The molecule has 6 heteroatoms. The van der Waals surface area contributed by atoms with Crippen molar-refractivity contribution in [1.82, 2.24) is 0 Å². The van der Waals surface area contributed by atoms with Crippen LogP contribution in [0.1, 0.15) is 12.8 Å². The Morgan fingerprint density at radius 1 is 1.47 bits per heavy atom. The molecule has 0 radical (unpaired) electrons. The number of nitrogens with zero attached hydrogens (tertiary/aromatic N) is 1. The molecule has 0 atom stereocenters. The molecule has 1 saturated carbocycles. The minimum absolute atomic E-state index is 0.0335. The first kappa shape index (κ1) is 12.8. The van der Waals surface area contributed by atoms with E-state index >= 15 is 0 Å². The summed E-state index contributed by atoms with van der Waals surface area (Å²) in [5.74, 6) is 0.534. The van der Waals surface area contributed by atoms with Crippen molar-refractivity contribution in [2.75, 3.05) is 11.9 Å². The van der Waals surface area contributed by atoms with Gasteiger partial charge in [0.2, 0.25) is 0 Å². The maximum Gasteiger partial charge on any atom is 0.287 e. The molecule has 2 rings (SSSR count). The van der Waals surface area contributed by atoms with Crippen LogP contribution in [0.4, 0.5) is 5.69 Å². The predicted molar refractivity (Wildman–Crippen MR) is 71.8 cm³/mol. The minimum atomic E-state index is -0.422. The van der Waals surface area contributed by atoms with E-state index in [-0.39, 0.29) is 11.1 Å². The van der Waals surface area contributed by atoms with Crippen molar-refractivity contribution in [2.24, 2.45) is 5.41 Å². The summed E-state index contributed by atoms with van der Waals surface area (Å²) in [7, 11) is 0. The fourth-order valence-electron chi connectivity index (χ4n) is 1.48. The van der Waals surface area contributed by atoms with Gasteiger partial charge in [-0.25, -0.2) is 0 Å². The van der Waals surface area contributed by atoms with Crippen molar-refractivity contribution in [3.8, 4) is 5.75 Å². The highest BCUT2D eigenvalue weighted by Crippen LogP contribution is 2.47. The third-order valence-corrected chi connectivity index (χ3v) is 4.90. The van der Waals surface area contributed by atoms with Gasteiger partial charge in [0.25, 0.3) is 5.69 Å². The van der Waals surface area contributed by atoms with E-state index in [9.17, 15) is 10.1 Å². The van der Waals surface area contributed by atoms with E-state index in [1.165, 1.54) is 6.07 Å². The first-order valence-corrected chi connectivity index (χ1v) is 7.11. The Labute approximate surface area is 116 Å². The summed E-state index contributed by atoms with van der Waals surface area (Å²) in [6.07, 6.45) is 2.29. The molecule has 1 aromatic carbocycles. The molecule has 0 unspecified atom stereocenters. The lowest BCUT2D eigenvalue weighted by Crippen LogP contribution is -2.14. The van der Waals surface area contributed by atoms with Crippen LogP contribution >= 0.6 is 31.9 Å². The second-order valence-corrected chi connectivity index (χ2v) is 5.62. The first-order chi connectivity index (χ1) is 8.08. The van der Waals surface area contributed by atoms with Crippen molar-refractivity contribution in [3.05, 3.63) is 32.8 Å². The molecule has 0 N–H and O–H groups in total. The summed E-state index contributed by atoms with van der Waals surface area (Å²) in [4.78, 5) is 10.3. The van der Waals surface area contributed by atoms with Gasteiger partial charge in [-0.15, -0.1) is 0 Å². The first-order valence-electron chi connectivity index (χ1n) is 5.20. The van der Waals surface area contributed by atoms with Gasteiger partial charge in [-0.3, -0.25) is 10.1 Å². The maximum atomic E-state index is 10.8. The van der Waals surface area contributed by atoms with Gasteiger partial charge < -0.3 is 4.74 Å². The lowest BCUT2D eigenvalue weighted by molar-refractivity contribution is -0.385. The summed E-state index contributed by atoms with van der Waals surface area (Å²) in [6.45, 7) is 0.595. The normalized spacial score (nSPS) is 16.6. The Morgan fingerprint density at radius 2 is 2.18 bits per heavy atom. The van der Waals surface area contributed by atoms with Crippen LogP contribution in [0.15, 0.2) is 22.7 Å². The number of nitro groups is 1. The summed E-state index contributed by atoms with van der Waals surface area (Å²) in [6, 6.07) is 4.82. The number of alkyl halides is 1. The predicted octanol–water partition coefficient (Wildman–Crippen LogP) is 3.91. The third kappa shape index (κ3) is 2.80. The molecule has 17 heavy (non-hydrogen) atoms. The Kier molecular flexibility index (Phi) is 3.73. The summed E-state index contributed by atoms with van der Waals surface area (Å²) in [5.41, 5.74) is 0.260. The van der Waals surface area contributed by atoms with E-state index in [1.807, 2.05) is 0 Å². The SMILES string of the molecule is O=[N+]([O-])c1cccc(OCC2(CBr)CC2)c1Br. The standard InChI is InChI=1S/C11H11Br2NO3/c12-6-11(4-5-11)7-17-9-3-1-2-8(10(9)13)14(15)16/h1-3H,4-7H2. The zero-order chi connectivity index (χ0) is 12.5. The third-order valence-electron chi connectivity index (χ3n) is 2.91. The highest BCUT2D eigenvalue weighted by Gasteiger charge is 2.42. The molecule has 4 nitrogen and oxygen atoms in total. The molecule has 0 saturated heterocycles. The van der Waals surface area contributed by atoms with Crippen molar-refractivity contribution < 1.29 is 9.66 Å². The molecule has 0 spiro atoms. The molecule has 1 fully saturated rings. The zero-order valence-corrected chi connectivity index (χ0v) is 12.2. The van der Waals surface area contributed by atoms with Gasteiger partial charge in [-0.05, 0) is 34.8 Å². The largest absolute Gasteiger partial charge is 0.492 e. The van der Waals surface area contributed by atoms with E-state index in [2.05, 4.69) is 31.9 Å². The van der Waals surface area contributed by atoms with E-state index in [0.717, 1.165) is 18.2 Å². The van der Waals surface area contributed by atoms with Crippen molar-refractivity contribution in [2.45, 2.75) is 12.8 Å². The molecule has 0 bridgehead atoms. The van der Waals surface area contributed by atoms with Crippen LogP contribution in [-0.4, -0.2) is 16.9 Å². The van der Waals surface area contributed by atoms with Crippen LogP contribution in [0.5, 0.6) is 5.75 Å². The van der Waals surface area contributed by atoms with Gasteiger partial charge in [-0.2, -0.15) is 0 Å². The number of halogens is 2. The Bertz CT molecular complexity index is 446. The second-order valence-electron chi connectivity index (χ2n) is 4.27. The van der Waals surface area contributed by atoms with Crippen LogP contribution in [-0.2, 0) is 0 Å². The molecule has 0 aromatic heterocycles. The van der Waals surface area contributed by atoms with E-state index in [1.54, 1.807) is 12.1 Å². The number of hydrogen-bond donors (Lipinski definition) is 0. The zero-order valence-electron chi connectivity index (χ0n) is 8.99. The highest BCUT2D eigenvalue weighted by atomic mass is 79.9. The summed E-state index contributed by atoms with van der Waals surface area (Å²) >= 11 is 6.68. The van der Waals surface area contributed by atoms with Crippen LogP contribution in [0.3, 0.4) is 0 Å². The number of rotatable bonds is 5. The highest BCUT2D eigenvalue weighted by molar-refractivity contribution is 9.10. The molecular formula is C11H11Br2NO3. The maximum absolute atomic E-state index is 10.8. The Balaban J connectivity index is 2.11. The Hall–Kier alpha value is -0.620. The number of benzene rings is 1. The van der Waals surface area contributed by atoms with Crippen LogP contribution < -0.4 is 4.74 Å². The monoisotopic (exact) mass is 363 g/mol. The van der Waals surface area contributed by atoms with Crippen LogP contribution in [0.25, 0.3) is 0 Å². The number of nitro benzene ring substituents is 1. The summed E-state index contributed by atoms with van der Waals surface area (Å²) in [5, 5.41) is 11.7. The smallest absolute Gasteiger partial charge is 0.287 e. The van der Waals surface area contributed by atoms with Gasteiger partial charge >= 0.3 is 0 Å². The van der Waals surface area contributed by atoms with Gasteiger partial charge in [-0.1, -0.05) is 22.0 Å². The molecule has 0 amide bonds. The molecule has 92 valence electrons. The van der Waals surface area contributed by atoms with Crippen LogP contribution in [0.2, 0.25) is 0 Å². The number of ether oxygens (including phenoxy) is 1. The van der Waals surface area contributed by atoms with Crippen molar-refractivity contribution >= 4 is 37.5 Å². The quantitative estimate of drug-likeness (QED) is 0.452. The van der Waals surface area contributed by atoms with Crippen LogP contribution in [0, 0.1) is 15.5 Å². The molecule has 0 aliphatic heterocycles. The second kappa shape index (κ2) is 4.94. The fraction of sp³-hybridized carbons (Fsp3) is 0.455. The molecule has 1 aliphatic rings. The molecule has 0 heterocycles. The molecule has 1 aliphatic carbocycles. The fourth-order valence-corrected chi connectivity index (χ4v) is 2.72. The van der Waals surface area contributed by atoms with Crippen molar-refractivity contribution in [3.63, 3.8) is 0 Å². The lowest BCUT2D eigenvalue weighted by atomic mass is 10.2. The molecule has 1 aromatic rings. The van der Waals surface area contributed by atoms with Gasteiger partial charge in [0.15, 0.2) is 0 Å². The van der Waals surface area contributed by atoms with Gasteiger partial charge in [0.05, 0.1) is 11.5 Å². The average molecular weight is 365 g/mol. The Morgan fingerprint density at radius 3 is 2.71 bits per heavy atom.